The Hall–Kier alpha value is -2.14. The Morgan fingerprint density at radius 1 is 1.37 bits per heavy atom. The lowest BCUT2D eigenvalue weighted by atomic mass is 9.99. The molecule has 0 fully saturated rings. The van der Waals surface area contributed by atoms with Crippen molar-refractivity contribution in [3.05, 3.63) is 41.3 Å². The molecule has 0 saturated heterocycles. The van der Waals surface area contributed by atoms with E-state index in [0.717, 1.165) is 11.3 Å². The summed E-state index contributed by atoms with van der Waals surface area (Å²) in [5.41, 5.74) is 0.532. The Morgan fingerprint density at radius 3 is 2.77 bits per heavy atom. The molecular weight excluding hydrogens is 426 g/mol. The van der Waals surface area contributed by atoms with Crippen molar-refractivity contribution in [3.63, 3.8) is 0 Å². The number of thiophene rings is 1. The van der Waals surface area contributed by atoms with Crippen molar-refractivity contribution in [1.29, 1.82) is 0 Å². The fraction of sp³-hybridized carbons (Fsp3) is 0.450. The number of hydrogen-bond acceptors (Lipinski definition) is 7. The third-order valence-corrected chi connectivity index (χ3v) is 7.86. The molecule has 10 heteroatoms. The van der Waals surface area contributed by atoms with E-state index in [1.54, 1.807) is 35.4 Å². The van der Waals surface area contributed by atoms with E-state index in [-0.39, 0.29) is 46.0 Å². The van der Waals surface area contributed by atoms with Crippen molar-refractivity contribution < 1.29 is 23.1 Å². The molecule has 0 bridgehead atoms. The molecule has 1 aliphatic heterocycles. The van der Waals surface area contributed by atoms with E-state index < -0.39 is 10.0 Å². The Bertz CT molecular complexity index is 978. The van der Waals surface area contributed by atoms with Gasteiger partial charge in [0.15, 0.2) is 0 Å². The number of sulfonamides is 1. The summed E-state index contributed by atoms with van der Waals surface area (Å²) in [6, 6.07) is 7.48. The van der Waals surface area contributed by atoms with Crippen LogP contribution in [0.5, 0.6) is 5.75 Å². The molecule has 3 N–H and O–H groups in total. The van der Waals surface area contributed by atoms with Crippen LogP contribution >= 0.6 is 11.3 Å². The van der Waals surface area contributed by atoms with E-state index in [9.17, 15) is 18.3 Å². The van der Waals surface area contributed by atoms with E-state index in [1.165, 1.54) is 12.1 Å². The van der Waals surface area contributed by atoms with Gasteiger partial charge in [0, 0.05) is 24.7 Å². The second-order valence-electron chi connectivity index (χ2n) is 7.43. The fourth-order valence-corrected chi connectivity index (χ4v) is 5.39. The predicted octanol–water partition coefficient (Wildman–Crippen LogP) is 1.99. The number of fused-ring (bicyclic) bond motifs is 1. The topological polar surface area (TPSA) is 108 Å². The summed E-state index contributed by atoms with van der Waals surface area (Å²) in [5.74, 6) is 0.111. The number of anilines is 1. The largest absolute Gasteiger partial charge is 0.488 e. The number of nitrogens with zero attached hydrogens (tertiary/aromatic N) is 1. The van der Waals surface area contributed by atoms with E-state index in [1.807, 2.05) is 14.0 Å². The zero-order valence-electron chi connectivity index (χ0n) is 17.2. The number of carbonyl (C=O) groups is 1. The zero-order valence-corrected chi connectivity index (χ0v) is 18.8. The SMILES string of the molecule is CNC[C@H]1Oc2ccc(NS(=O)(=O)c3cccs3)cc2C(=O)N([C@@H](C)CO)C[C@H]1C. The van der Waals surface area contributed by atoms with Gasteiger partial charge in [0.05, 0.1) is 18.2 Å². The number of likely N-dealkylation sites (N-methyl/N-ethyl adjacent to an activating group) is 1. The van der Waals surface area contributed by atoms with E-state index in [4.69, 9.17) is 4.74 Å². The Kier molecular flexibility index (Phi) is 7.02. The van der Waals surface area contributed by atoms with Gasteiger partial charge in [0.1, 0.15) is 16.1 Å². The second kappa shape index (κ2) is 9.34. The highest BCUT2D eigenvalue weighted by molar-refractivity contribution is 7.94. The van der Waals surface area contributed by atoms with Crippen molar-refractivity contribution >= 4 is 33.0 Å². The maximum absolute atomic E-state index is 13.3. The average Bonchev–Trinajstić information content (AvgIpc) is 3.26. The molecule has 3 rings (SSSR count). The minimum absolute atomic E-state index is 0.0283. The highest BCUT2D eigenvalue weighted by atomic mass is 32.2. The van der Waals surface area contributed by atoms with Crippen molar-refractivity contribution in [2.24, 2.45) is 5.92 Å². The van der Waals surface area contributed by atoms with E-state index in [2.05, 4.69) is 10.0 Å². The number of ether oxygens (including phenoxy) is 1. The Morgan fingerprint density at radius 2 is 2.13 bits per heavy atom. The summed E-state index contributed by atoms with van der Waals surface area (Å²) in [5, 5.41) is 14.4. The molecule has 3 atom stereocenters. The summed E-state index contributed by atoms with van der Waals surface area (Å²) in [7, 11) is -1.91. The summed E-state index contributed by atoms with van der Waals surface area (Å²) in [6.45, 7) is 4.61. The fourth-order valence-electron chi connectivity index (χ4n) is 3.35. The first-order valence-electron chi connectivity index (χ1n) is 9.70. The van der Waals surface area contributed by atoms with Gasteiger partial charge in [-0.1, -0.05) is 13.0 Å². The number of carbonyl (C=O) groups excluding carboxylic acids is 1. The van der Waals surface area contributed by atoms with Gasteiger partial charge < -0.3 is 20.1 Å². The van der Waals surface area contributed by atoms with Gasteiger partial charge in [-0.15, -0.1) is 11.3 Å². The Labute approximate surface area is 180 Å². The van der Waals surface area contributed by atoms with Gasteiger partial charge >= 0.3 is 0 Å². The molecule has 2 heterocycles. The molecule has 0 aliphatic carbocycles. The lowest BCUT2D eigenvalue weighted by Crippen LogP contribution is -2.49. The van der Waals surface area contributed by atoms with Crippen LogP contribution in [0.15, 0.2) is 39.9 Å². The molecule has 1 aliphatic rings. The smallest absolute Gasteiger partial charge is 0.271 e. The van der Waals surface area contributed by atoms with Crippen LogP contribution in [0.3, 0.4) is 0 Å². The van der Waals surface area contributed by atoms with Crippen molar-refractivity contribution in [1.82, 2.24) is 10.2 Å². The number of hydrogen-bond donors (Lipinski definition) is 3. The van der Waals surface area contributed by atoms with Crippen LogP contribution in [-0.4, -0.2) is 63.2 Å². The van der Waals surface area contributed by atoms with Crippen LogP contribution < -0.4 is 14.8 Å². The maximum Gasteiger partial charge on any atom is 0.271 e. The van der Waals surface area contributed by atoms with E-state index in [0.29, 0.717) is 18.8 Å². The second-order valence-corrected chi connectivity index (χ2v) is 10.3. The van der Waals surface area contributed by atoms with E-state index >= 15 is 0 Å². The Balaban J connectivity index is 2.00. The summed E-state index contributed by atoms with van der Waals surface area (Å²) >= 11 is 1.11. The van der Waals surface area contributed by atoms with Crippen LogP contribution in [0.1, 0.15) is 24.2 Å². The molecule has 2 aromatic rings. The number of amides is 1. The van der Waals surface area contributed by atoms with Crippen molar-refractivity contribution in [2.75, 3.05) is 31.5 Å². The highest BCUT2D eigenvalue weighted by Crippen LogP contribution is 2.31. The van der Waals surface area contributed by atoms with Gasteiger partial charge in [-0.05, 0) is 43.6 Å². The molecule has 1 amide bonds. The first-order chi connectivity index (χ1) is 14.3. The molecule has 164 valence electrons. The molecule has 1 aromatic heterocycles. The quantitative estimate of drug-likeness (QED) is 0.592. The number of rotatable bonds is 7. The van der Waals surface area contributed by atoms with Crippen LogP contribution in [-0.2, 0) is 10.0 Å². The zero-order chi connectivity index (χ0) is 21.9. The van der Waals surface area contributed by atoms with Gasteiger partial charge in [0.25, 0.3) is 15.9 Å². The first-order valence-corrected chi connectivity index (χ1v) is 12.1. The van der Waals surface area contributed by atoms with Crippen molar-refractivity contribution in [2.45, 2.75) is 30.2 Å². The van der Waals surface area contributed by atoms with Gasteiger partial charge in [0.2, 0.25) is 0 Å². The number of aliphatic hydroxyl groups is 1. The van der Waals surface area contributed by atoms with Crippen LogP contribution in [0.4, 0.5) is 5.69 Å². The molecular formula is C20H27N3O5S2. The third-order valence-electron chi connectivity index (χ3n) is 5.08. The van der Waals surface area contributed by atoms with Crippen LogP contribution in [0, 0.1) is 5.92 Å². The van der Waals surface area contributed by atoms with Crippen LogP contribution in [0.25, 0.3) is 0 Å². The minimum atomic E-state index is -3.74. The van der Waals surface area contributed by atoms with Crippen molar-refractivity contribution in [3.8, 4) is 5.75 Å². The highest BCUT2D eigenvalue weighted by Gasteiger charge is 2.33. The molecule has 0 saturated carbocycles. The third kappa shape index (κ3) is 4.77. The van der Waals surface area contributed by atoms with Gasteiger partial charge in [-0.3, -0.25) is 9.52 Å². The molecule has 0 spiro atoms. The molecule has 0 radical (unpaired) electrons. The normalized spacial score (nSPS) is 20.7. The lowest BCUT2D eigenvalue weighted by Gasteiger charge is -2.37. The first kappa shape index (κ1) is 22.5. The monoisotopic (exact) mass is 453 g/mol. The van der Waals surface area contributed by atoms with Gasteiger partial charge in [-0.2, -0.15) is 0 Å². The molecule has 30 heavy (non-hydrogen) atoms. The van der Waals surface area contributed by atoms with Crippen LogP contribution in [0.2, 0.25) is 0 Å². The van der Waals surface area contributed by atoms with Gasteiger partial charge in [-0.25, -0.2) is 8.42 Å². The molecule has 8 nitrogen and oxygen atoms in total. The minimum Gasteiger partial charge on any atom is -0.488 e. The number of benzene rings is 1. The number of nitrogens with one attached hydrogen (secondary N) is 2. The summed E-state index contributed by atoms with van der Waals surface area (Å²) < 4.78 is 34.0. The molecule has 0 unspecified atom stereocenters. The number of aliphatic hydroxyl groups excluding tert-OH is 1. The predicted molar refractivity (Wildman–Crippen MR) is 117 cm³/mol. The summed E-state index contributed by atoms with van der Waals surface area (Å²) in [4.78, 5) is 14.9. The average molecular weight is 454 g/mol. The summed E-state index contributed by atoms with van der Waals surface area (Å²) in [6.07, 6.45) is -0.191. The maximum atomic E-state index is 13.3. The molecule has 1 aromatic carbocycles. The standard InChI is InChI=1S/C20H27N3O5S2/c1-13-11-23(14(2)12-24)20(25)16-9-15(6-7-17(16)28-18(13)10-21-3)22-30(26,27)19-5-4-8-29-19/h4-9,13-14,18,21-22,24H,10-12H2,1-3H3/t13-,14+,18-/m1/s1. The lowest BCUT2D eigenvalue weighted by molar-refractivity contribution is 0.0416.